The van der Waals surface area contributed by atoms with E-state index < -0.39 is 0 Å². The first-order valence-corrected chi connectivity index (χ1v) is 8.24. The summed E-state index contributed by atoms with van der Waals surface area (Å²) in [5, 5.41) is 9.18. The Balaban J connectivity index is 1.74. The van der Waals surface area contributed by atoms with Gasteiger partial charge in [0, 0.05) is 31.5 Å². The van der Waals surface area contributed by atoms with Gasteiger partial charge in [0.15, 0.2) is 5.65 Å². The van der Waals surface area contributed by atoms with Gasteiger partial charge in [0.2, 0.25) is 0 Å². The summed E-state index contributed by atoms with van der Waals surface area (Å²) < 4.78 is 3.27. The maximum Gasteiger partial charge on any atom is 0.259 e. The number of fused-ring (bicyclic) bond motifs is 1. The lowest BCUT2D eigenvalue weighted by molar-refractivity contribution is 0.0737. The lowest BCUT2D eigenvalue weighted by Gasteiger charge is -2.24. The average molecular weight is 345 g/mol. The van der Waals surface area contributed by atoms with E-state index in [9.17, 15) is 4.79 Å². The second kappa shape index (κ2) is 5.59. The van der Waals surface area contributed by atoms with Gasteiger partial charge in [-0.15, -0.1) is 0 Å². The number of nitrogens with zero attached hydrogens (tertiary/aromatic N) is 6. The van der Waals surface area contributed by atoms with Crippen molar-refractivity contribution >= 4 is 23.2 Å². The Morgan fingerprint density at radius 1 is 1.42 bits per heavy atom. The first-order valence-electron chi connectivity index (χ1n) is 7.86. The van der Waals surface area contributed by atoms with E-state index in [1.54, 1.807) is 33.9 Å². The quantitative estimate of drug-likeness (QED) is 0.716. The molecule has 8 heteroatoms. The van der Waals surface area contributed by atoms with Crippen molar-refractivity contribution in [2.75, 3.05) is 6.54 Å². The molecule has 0 bridgehead atoms. The summed E-state index contributed by atoms with van der Waals surface area (Å²) in [6.45, 7) is 2.62. The van der Waals surface area contributed by atoms with Crippen molar-refractivity contribution in [2.45, 2.75) is 25.8 Å². The van der Waals surface area contributed by atoms with Gasteiger partial charge in [-0.05, 0) is 25.8 Å². The second-order valence-electron chi connectivity index (χ2n) is 6.02. The molecule has 1 unspecified atom stereocenters. The van der Waals surface area contributed by atoms with Gasteiger partial charge in [-0.2, -0.15) is 10.2 Å². The molecule has 1 aliphatic rings. The molecule has 1 aliphatic heterocycles. The predicted octanol–water partition coefficient (Wildman–Crippen LogP) is 2.40. The summed E-state index contributed by atoms with van der Waals surface area (Å²) >= 11 is 6.42. The van der Waals surface area contributed by atoms with Gasteiger partial charge in [-0.1, -0.05) is 11.6 Å². The van der Waals surface area contributed by atoms with E-state index in [1.807, 2.05) is 18.9 Å². The molecule has 0 spiro atoms. The van der Waals surface area contributed by atoms with E-state index in [1.165, 1.54) is 0 Å². The van der Waals surface area contributed by atoms with Crippen LogP contribution in [-0.4, -0.2) is 41.7 Å². The highest BCUT2D eigenvalue weighted by Gasteiger charge is 2.35. The molecule has 3 aromatic rings. The normalized spacial score (nSPS) is 17.8. The number of hydrogen-bond acceptors (Lipinski definition) is 4. The molecule has 0 saturated carbocycles. The van der Waals surface area contributed by atoms with Crippen LogP contribution in [0.4, 0.5) is 0 Å². The molecule has 4 heterocycles. The third-order valence-corrected chi connectivity index (χ3v) is 5.00. The van der Waals surface area contributed by atoms with Crippen LogP contribution in [0.2, 0.25) is 5.15 Å². The van der Waals surface area contributed by atoms with Gasteiger partial charge in [-0.25, -0.2) is 9.50 Å². The van der Waals surface area contributed by atoms with Crippen molar-refractivity contribution in [3.05, 3.63) is 46.6 Å². The van der Waals surface area contributed by atoms with E-state index in [-0.39, 0.29) is 11.9 Å². The summed E-state index contributed by atoms with van der Waals surface area (Å²) in [6.07, 6.45) is 6.84. The lowest BCUT2D eigenvalue weighted by Crippen LogP contribution is -2.31. The van der Waals surface area contributed by atoms with Crippen molar-refractivity contribution < 1.29 is 4.79 Å². The van der Waals surface area contributed by atoms with Gasteiger partial charge < -0.3 is 4.90 Å². The minimum Gasteiger partial charge on any atom is -0.331 e. The van der Waals surface area contributed by atoms with Crippen molar-refractivity contribution in [3.63, 3.8) is 0 Å². The average Bonchev–Trinajstić information content (AvgIpc) is 3.26. The highest BCUT2D eigenvalue weighted by Crippen LogP contribution is 2.38. The molecule has 0 aliphatic carbocycles. The first-order chi connectivity index (χ1) is 11.6. The van der Waals surface area contributed by atoms with Gasteiger partial charge in [0.05, 0.1) is 17.9 Å². The van der Waals surface area contributed by atoms with E-state index in [4.69, 9.17) is 11.6 Å². The maximum atomic E-state index is 13.1. The van der Waals surface area contributed by atoms with Gasteiger partial charge in [0.25, 0.3) is 5.91 Å². The van der Waals surface area contributed by atoms with Crippen LogP contribution in [0.5, 0.6) is 0 Å². The van der Waals surface area contributed by atoms with Gasteiger partial charge in [0.1, 0.15) is 10.7 Å². The van der Waals surface area contributed by atoms with E-state index in [0.29, 0.717) is 22.9 Å². The first kappa shape index (κ1) is 15.1. The van der Waals surface area contributed by atoms with Crippen LogP contribution in [0.3, 0.4) is 0 Å². The molecule has 1 atom stereocenters. The SMILES string of the molecule is Cc1nn(C)c(Cl)c1C1CCCN1C(=O)c1cnn2cccnc12. The topological polar surface area (TPSA) is 68.3 Å². The summed E-state index contributed by atoms with van der Waals surface area (Å²) in [7, 11) is 1.81. The third-order valence-electron chi connectivity index (χ3n) is 4.55. The molecule has 4 rings (SSSR count). The largest absolute Gasteiger partial charge is 0.331 e. The lowest BCUT2D eigenvalue weighted by atomic mass is 10.1. The molecule has 124 valence electrons. The molecule has 24 heavy (non-hydrogen) atoms. The Bertz CT molecular complexity index is 930. The van der Waals surface area contributed by atoms with Crippen molar-refractivity contribution in [1.82, 2.24) is 29.3 Å². The number of carbonyl (C=O) groups excluding carboxylic acids is 1. The van der Waals surface area contributed by atoms with Gasteiger partial charge in [-0.3, -0.25) is 9.48 Å². The Morgan fingerprint density at radius 2 is 2.25 bits per heavy atom. The van der Waals surface area contributed by atoms with Crippen LogP contribution in [0.15, 0.2) is 24.7 Å². The number of hydrogen-bond donors (Lipinski definition) is 0. The Morgan fingerprint density at radius 3 is 3.00 bits per heavy atom. The minimum atomic E-state index is -0.0643. The predicted molar refractivity (Wildman–Crippen MR) is 89.0 cm³/mol. The Labute approximate surface area is 143 Å². The van der Waals surface area contributed by atoms with E-state index >= 15 is 0 Å². The molecule has 7 nitrogen and oxygen atoms in total. The van der Waals surface area contributed by atoms with Crippen LogP contribution >= 0.6 is 11.6 Å². The highest BCUT2D eigenvalue weighted by atomic mass is 35.5. The zero-order valence-electron chi connectivity index (χ0n) is 13.5. The number of likely N-dealkylation sites (tertiary alicyclic amines) is 1. The van der Waals surface area contributed by atoms with Crippen LogP contribution < -0.4 is 0 Å². The number of aromatic nitrogens is 5. The fourth-order valence-electron chi connectivity index (χ4n) is 3.47. The fourth-order valence-corrected chi connectivity index (χ4v) is 3.77. The summed E-state index contributed by atoms with van der Waals surface area (Å²) in [4.78, 5) is 19.2. The highest BCUT2D eigenvalue weighted by molar-refractivity contribution is 6.30. The molecule has 0 N–H and O–H groups in total. The van der Waals surface area contributed by atoms with Crippen molar-refractivity contribution in [3.8, 4) is 0 Å². The Hall–Kier alpha value is -2.41. The van der Waals surface area contributed by atoms with Crippen molar-refractivity contribution in [2.24, 2.45) is 7.05 Å². The van der Waals surface area contributed by atoms with E-state index in [2.05, 4.69) is 15.2 Å². The molecular formula is C16H17ClN6O. The van der Waals surface area contributed by atoms with Crippen molar-refractivity contribution in [1.29, 1.82) is 0 Å². The summed E-state index contributed by atoms with van der Waals surface area (Å²) in [5.41, 5.74) is 2.89. The van der Waals surface area contributed by atoms with Crippen LogP contribution in [0, 0.1) is 6.92 Å². The second-order valence-corrected chi connectivity index (χ2v) is 6.37. The summed E-state index contributed by atoms with van der Waals surface area (Å²) in [6, 6.07) is 1.73. The van der Waals surface area contributed by atoms with Crippen LogP contribution in [-0.2, 0) is 7.05 Å². The number of aryl methyl sites for hydroxylation is 2. The summed E-state index contributed by atoms with van der Waals surface area (Å²) in [5.74, 6) is -0.0643. The number of halogens is 1. The standard InChI is InChI=1S/C16H17ClN6O/c1-10-13(14(17)21(2)20-10)12-5-3-7-22(12)16(24)11-9-19-23-8-4-6-18-15(11)23/h4,6,8-9,12H,3,5,7H2,1-2H3. The fraction of sp³-hybridized carbons (Fsp3) is 0.375. The molecular weight excluding hydrogens is 328 g/mol. The molecule has 0 radical (unpaired) electrons. The minimum absolute atomic E-state index is 0.0580. The Kier molecular flexibility index (Phi) is 3.53. The van der Waals surface area contributed by atoms with Crippen LogP contribution in [0.1, 0.15) is 40.5 Å². The van der Waals surface area contributed by atoms with Crippen LogP contribution in [0.25, 0.3) is 5.65 Å². The smallest absolute Gasteiger partial charge is 0.259 e. The molecule has 0 aromatic carbocycles. The molecule has 1 fully saturated rings. The zero-order chi connectivity index (χ0) is 16.8. The molecule has 1 saturated heterocycles. The number of rotatable bonds is 2. The maximum absolute atomic E-state index is 13.1. The monoisotopic (exact) mass is 344 g/mol. The zero-order valence-corrected chi connectivity index (χ0v) is 14.2. The van der Waals surface area contributed by atoms with Gasteiger partial charge >= 0.3 is 0 Å². The number of amides is 1. The third kappa shape index (κ3) is 2.19. The number of carbonyl (C=O) groups is 1. The van der Waals surface area contributed by atoms with E-state index in [0.717, 1.165) is 24.1 Å². The molecule has 3 aromatic heterocycles. The molecule has 1 amide bonds.